The van der Waals surface area contributed by atoms with Crippen molar-refractivity contribution in [2.24, 2.45) is 4.99 Å². The molecule has 120 valence electrons. The highest BCUT2D eigenvalue weighted by Gasteiger charge is 2.12. The number of hydrogen-bond donors (Lipinski definition) is 4. The van der Waals surface area contributed by atoms with E-state index < -0.39 is 0 Å². The molecule has 0 amide bonds. The second kappa shape index (κ2) is 5.78. The Kier molecular flexibility index (Phi) is 3.47. The Bertz CT molecular complexity index is 1090. The molecular formula is C17H15N5O2. The summed E-state index contributed by atoms with van der Waals surface area (Å²) in [5.74, 6) is 0. The monoisotopic (exact) mass is 321 g/mol. The Balaban J connectivity index is 1.77. The number of aliphatic hydroxyl groups excluding tert-OH is 1. The largest absolute Gasteiger partial charge is 0.396 e. The zero-order chi connectivity index (χ0) is 16.5. The molecule has 2 heterocycles. The van der Waals surface area contributed by atoms with Crippen LogP contribution in [-0.2, 0) is 6.42 Å². The number of nitrogens with zero attached hydrogens (tertiary/aromatic N) is 2. The van der Waals surface area contributed by atoms with Crippen molar-refractivity contribution in [1.29, 1.82) is 0 Å². The lowest BCUT2D eigenvalue weighted by Gasteiger charge is -1.98. The predicted octanol–water partition coefficient (Wildman–Crippen LogP) is 2.02. The summed E-state index contributed by atoms with van der Waals surface area (Å²) in [4.78, 5) is 19.5. The highest BCUT2D eigenvalue weighted by molar-refractivity contribution is 6.11. The Hall–Kier alpha value is -3.19. The minimum atomic E-state index is -0.193. The van der Waals surface area contributed by atoms with Gasteiger partial charge < -0.3 is 10.1 Å². The molecular weight excluding hydrogens is 306 g/mol. The van der Waals surface area contributed by atoms with Gasteiger partial charge >= 0.3 is 0 Å². The summed E-state index contributed by atoms with van der Waals surface area (Å²) in [6.07, 6.45) is 2.18. The van der Waals surface area contributed by atoms with Crippen LogP contribution in [0.25, 0.3) is 21.9 Å². The molecule has 4 N–H and O–H groups in total. The number of aromatic nitrogens is 4. The van der Waals surface area contributed by atoms with Crippen molar-refractivity contribution in [3.8, 4) is 0 Å². The van der Waals surface area contributed by atoms with Crippen LogP contribution in [0.2, 0.25) is 0 Å². The molecule has 2 aromatic heterocycles. The van der Waals surface area contributed by atoms with Crippen LogP contribution in [0, 0.1) is 0 Å². The van der Waals surface area contributed by atoms with Crippen molar-refractivity contribution >= 4 is 33.8 Å². The number of nitrogens with one attached hydrogen (secondary N) is 3. The minimum absolute atomic E-state index is 0.119. The first kappa shape index (κ1) is 14.4. The normalized spacial score (nSPS) is 11.9. The second-order valence-electron chi connectivity index (χ2n) is 5.50. The average molecular weight is 321 g/mol. The number of aliphatic hydroxyl groups is 1. The lowest BCUT2D eigenvalue weighted by Crippen LogP contribution is -2.04. The van der Waals surface area contributed by atoms with Crippen LogP contribution in [0.3, 0.4) is 0 Å². The van der Waals surface area contributed by atoms with E-state index in [-0.39, 0.29) is 12.2 Å². The standard InChI is InChI=1S/C17H15N5O2/c23-8-7-10-1-3-11(4-2-10)18-9-12-15-13(19-17(12)24)5-6-14-16(15)21-22-20-14/h1-6,9,20,22-23H,7-8H2,(H,19,24). The van der Waals surface area contributed by atoms with Crippen LogP contribution in [0.15, 0.2) is 46.2 Å². The third kappa shape index (κ3) is 2.40. The van der Waals surface area contributed by atoms with Gasteiger partial charge in [0, 0.05) is 18.2 Å². The second-order valence-corrected chi connectivity index (χ2v) is 5.50. The van der Waals surface area contributed by atoms with Gasteiger partial charge in [0.2, 0.25) is 0 Å². The van der Waals surface area contributed by atoms with Gasteiger partial charge in [-0.3, -0.25) is 14.9 Å². The maximum absolute atomic E-state index is 12.2. The van der Waals surface area contributed by atoms with Gasteiger partial charge in [-0.05, 0) is 36.2 Å². The number of fused-ring (bicyclic) bond motifs is 3. The molecule has 24 heavy (non-hydrogen) atoms. The third-order valence-electron chi connectivity index (χ3n) is 3.98. The molecule has 7 nitrogen and oxygen atoms in total. The van der Waals surface area contributed by atoms with Crippen LogP contribution in [0.5, 0.6) is 0 Å². The van der Waals surface area contributed by atoms with Gasteiger partial charge in [-0.1, -0.05) is 12.1 Å². The van der Waals surface area contributed by atoms with Gasteiger partial charge in [-0.2, -0.15) is 5.10 Å². The van der Waals surface area contributed by atoms with Crippen molar-refractivity contribution < 1.29 is 5.11 Å². The van der Waals surface area contributed by atoms with Crippen LogP contribution in [0.1, 0.15) is 11.1 Å². The smallest absolute Gasteiger partial charge is 0.258 e. The quantitative estimate of drug-likeness (QED) is 0.432. The topological polar surface area (TPSA) is 110 Å². The van der Waals surface area contributed by atoms with Crippen LogP contribution in [0.4, 0.5) is 5.69 Å². The summed E-state index contributed by atoms with van der Waals surface area (Å²) >= 11 is 0. The van der Waals surface area contributed by atoms with E-state index in [1.54, 1.807) is 6.21 Å². The van der Waals surface area contributed by atoms with E-state index in [0.29, 0.717) is 17.5 Å². The van der Waals surface area contributed by atoms with Crippen LogP contribution >= 0.6 is 0 Å². The summed E-state index contributed by atoms with van der Waals surface area (Å²) in [7, 11) is 0. The summed E-state index contributed by atoms with van der Waals surface area (Å²) < 4.78 is 0. The van der Waals surface area contributed by atoms with Gasteiger partial charge in [0.05, 0.1) is 22.3 Å². The Morgan fingerprint density at radius 2 is 1.92 bits per heavy atom. The Morgan fingerprint density at radius 1 is 1.12 bits per heavy atom. The van der Waals surface area contributed by atoms with Crippen molar-refractivity contribution in [2.75, 3.05) is 6.61 Å². The lowest BCUT2D eigenvalue weighted by atomic mass is 10.1. The van der Waals surface area contributed by atoms with Gasteiger partial charge in [0.25, 0.3) is 5.56 Å². The van der Waals surface area contributed by atoms with Crippen molar-refractivity contribution in [3.05, 3.63) is 57.9 Å². The molecule has 0 atom stereocenters. The number of H-pyrrole nitrogens is 3. The number of aromatic amines is 3. The van der Waals surface area contributed by atoms with Crippen molar-refractivity contribution in [2.45, 2.75) is 6.42 Å². The number of aliphatic imine (C=N–C) groups is 1. The molecule has 0 aliphatic heterocycles. The molecule has 7 heteroatoms. The number of rotatable bonds is 4. The van der Waals surface area contributed by atoms with Gasteiger partial charge in [0.1, 0.15) is 5.52 Å². The molecule has 2 aromatic carbocycles. The van der Waals surface area contributed by atoms with Gasteiger partial charge in [-0.15, -0.1) is 0 Å². The molecule has 0 fully saturated rings. The molecule has 0 bridgehead atoms. The van der Waals surface area contributed by atoms with Gasteiger partial charge in [-0.25, -0.2) is 5.21 Å². The first-order valence-corrected chi connectivity index (χ1v) is 7.57. The molecule has 0 spiro atoms. The highest BCUT2D eigenvalue weighted by atomic mass is 16.2. The zero-order valence-corrected chi connectivity index (χ0v) is 12.7. The van der Waals surface area contributed by atoms with E-state index in [4.69, 9.17) is 5.11 Å². The maximum atomic E-state index is 12.2. The molecule has 4 rings (SSSR count). The fourth-order valence-electron chi connectivity index (χ4n) is 2.77. The highest BCUT2D eigenvalue weighted by Crippen LogP contribution is 2.23. The minimum Gasteiger partial charge on any atom is -0.396 e. The molecule has 4 aromatic rings. The number of benzene rings is 2. The van der Waals surface area contributed by atoms with E-state index in [1.165, 1.54) is 0 Å². The van der Waals surface area contributed by atoms with E-state index in [1.807, 2.05) is 36.4 Å². The first-order chi connectivity index (χ1) is 11.8. The maximum Gasteiger partial charge on any atom is 0.258 e. The summed E-state index contributed by atoms with van der Waals surface area (Å²) in [5, 5.41) is 19.5. The average Bonchev–Trinajstić information content (AvgIpc) is 3.18. The Morgan fingerprint density at radius 3 is 2.71 bits per heavy atom. The summed E-state index contributed by atoms with van der Waals surface area (Å²) in [5.41, 5.74) is 4.33. The van der Waals surface area contributed by atoms with Crippen LogP contribution in [-0.4, -0.2) is 38.3 Å². The van der Waals surface area contributed by atoms with E-state index in [9.17, 15) is 4.79 Å². The molecule has 0 radical (unpaired) electrons. The lowest BCUT2D eigenvalue weighted by molar-refractivity contribution is 0.299. The zero-order valence-electron chi connectivity index (χ0n) is 12.7. The molecule has 0 aliphatic carbocycles. The van der Waals surface area contributed by atoms with E-state index in [2.05, 4.69) is 25.4 Å². The molecule has 0 aliphatic rings. The van der Waals surface area contributed by atoms with Crippen molar-refractivity contribution in [1.82, 2.24) is 20.4 Å². The van der Waals surface area contributed by atoms with E-state index >= 15 is 0 Å². The molecule has 0 saturated heterocycles. The van der Waals surface area contributed by atoms with Crippen molar-refractivity contribution in [3.63, 3.8) is 0 Å². The fourth-order valence-corrected chi connectivity index (χ4v) is 2.77. The molecule has 0 saturated carbocycles. The summed E-state index contributed by atoms with van der Waals surface area (Å²) in [6.45, 7) is 0.119. The number of hydrogen-bond acceptors (Lipinski definition) is 4. The first-order valence-electron chi connectivity index (χ1n) is 7.57. The van der Waals surface area contributed by atoms with Crippen LogP contribution < -0.4 is 5.56 Å². The fraction of sp³-hybridized carbons (Fsp3) is 0.118. The SMILES string of the molecule is O=c1[nH]c2ccc3[nH][nH]nc3c2c1C=Nc1ccc(CCO)cc1. The molecule has 0 unspecified atom stereocenters. The predicted molar refractivity (Wildman–Crippen MR) is 93.1 cm³/mol. The van der Waals surface area contributed by atoms with Gasteiger partial charge in [0.15, 0.2) is 0 Å². The van der Waals surface area contributed by atoms with E-state index in [0.717, 1.165) is 27.7 Å². The summed E-state index contributed by atoms with van der Waals surface area (Å²) in [6, 6.07) is 11.2. The third-order valence-corrected chi connectivity index (χ3v) is 3.98. The Labute approximate surface area is 136 Å².